The number of non-ortho nitro benzene ring substituents is 1. The van der Waals surface area contributed by atoms with Crippen molar-refractivity contribution >= 4 is 57.3 Å². The molecule has 1 heterocycles. The van der Waals surface area contributed by atoms with E-state index >= 15 is 0 Å². The molecule has 11 heteroatoms. The Kier molecular flexibility index (Phi) is 8.58. The summed E-state index contributed by atoms with van der Waals surface area (Å²) in [7, 11) is 0. The van der Waals surface area contributed by atoms with Crippen molar-refractivity contribution in [3.05, 3.63) is 122 Å². The largest absolute Gasteiger partial charge is 0.490 e. The lowest BCUT2D eigenvalue weighted by Crippen LogP contribution is -2.18. The molecule has 0 radical (unpaired) electrons. The first-order valence-corrected chi connectivity index (χ1v) is 13.9. The molecule has 0 unspecified atom stereocenters. The molecule has 5 aromatic rings. The summed E-state index contributed by atoms with van der Waals surface area (Å²) in [6.45, 7) is 2.09. The van der Waals surface area contributed by atoms with Crippen molar-refractivity contribution in [3.63, 3.8) is 0 Å². The van der Waals surface area contributed by atoms with Gasteiger partial charge in [0.25, 0.3) is 11.6 Å². The van der Waals surface area contributed by atoms with E-state index in [0.29, 0.717) is 23.6 Å². The zero-order chi connectivity index (χ0) is 29.6. The highest BCUT2D eigenvalue weighted by Gasteiger charge is 2.19. The Labute approximate surface area is 253 Å². The third kappa shape index (κ3) is 6.31. The summed E-state index contributed by atoms with van der Waals surface area (Å²) in [5, 5.41) is 15.9. The van der Waals surface area contributed by atoms with Crippen LogP contribution in [-0.4, -0.2) is 34.6 Å². The zero-order valence-corrected chi connectivity index (χ0v) is 24.3. The average molecular weight is 674 g/mol. The number of fused-ring (bicyclic) bond motifs is 1. The summed E-state index contributed by atoms with van der Waals surface area (Å²) >= 11 is 2.24. The predicted octanol–water partition coefficient (Wildman–Crippen LogP) is 6.73. The van der Waals surface area contributed by atoms with Crippen LogP contribution in [-0.2, 0) is 0 Å². The molecule has 0 bridgehead atoms. The van der Waals surface area contributed by atoms with Crippen LogP contribution in [0.25, 0.3) is 22.0 Å². The fourth-order valence-electron chi connectivity index (χ4n) is 4.30. The van der Waals surface area contributed by atoms with Crippen molar-refractivity contribution in [3.8, 4) is 22.6 Å². The molecular formula is C31H23IN4O6. The number of nitrogens with zero attached hydrogens (tertiary/aromatic N) is 2. The molecule has 0 saturated carbocycles. The van der Waals surface area contributed by atoms with E-state index < -0.39 is 16.8 Å². The topological polar surface area (TPSA) is 136 Å². The number of nitrogens with one attached hydrogen (secondary N) is 2. The van der Waals surface area contributed by atoms with Crippen molar-refractivity contribution in [2.75, 3.05) is 6.61 Å². The number of aromatic amines is 1. The van der Waals surface area contributed by atoms with E-state index in [9.17, 15) is 19.7 Å². The first-order chi connectivity index (χ1) is 20.3. The minimum absolute atomic E-state index is 0.132. The Morgan fingerprint density at radius 3 is 2.48 bits per heavy atom. The maximum absolute atomic E-state index is 13.2. The molecule has 5 rings (SSSR count). The van der Waals surface area contributed by atoms with Crippen LogP contribution >= 0.6 is 22.6 Å². The van der Waals surface area contributed by atoms with Gasteiger partial charge in [0.05, 0.1) is 23.3 Å². The number of hydrazone groups is 1. The summed E-state index contributed by atoms with van der Waals surface area (Å²) in [6.07, 6.45) is 1.45. The number of benzene rings is 4. The van der Waals surface area contributed by atoms with Gasteiger partial charge >= 0.3 is 5.97 Å². The molecule has 1 aromatic heterocycles. The smallest absolute Gasteiger partial charge is 0.343 e. The Morgan fingerprint density at radius 1 is 1.00 bits per heavy atom. The van der Waals surface area contributed by atoms with Gasteiger partial charge < -0.3 is 14.5 Å². The highest BCUT2D eigenvalue weighted by atomic mass is 127. The number of aromatic nitrogens is 1. The Morgan fingerprint density at radius 2 is 1.76 bits per heavy atom. The summed E-state index contributed by atoms with van der Waals surface area (Å²) in [4.78, 5) is 39.4. The SMILES string of the molecule is CCOc1cc(C=NNC(=O)c2[nH]c3ccc(I)cc3c2-c2ccccc2)ccc1OC(=O)c1ccc([N+](=O)[O-])cc1. The number of amides is 1. The van der Waals surface area contributed by atoms with Crippen LogP contribution in [0.1, 0.15) is 33.3 Å². The van der Waals surface area contributed by atoms with Gasteiger partial charge in [-0.2, -0.15) is 5.10 Å². The van der Waals surface area contributed by atoms with E-state index in [0.717, 1.165) is 25.6 Å². The molecular weight excluding hydrogens is 651 g/mol. The predicted molar refractivity (Wildman–Crippen MR) is 167 cm³/mol. The second-order valence-electron chi connectivity index (χ2n) is 8.96. The fourth-order valence-corrected chi connectivity index (χ4v) is 4.79. The Balaban J connectivity index is 1.34. The van der Waals surface area contributed by atoms with Crippen molar-refractivity contribution in [1.82, 2.24) is 10.4 Å². The number of hydrogen-bond donors (Lipinski definition) is 2. The maximum atomic E-state index is 13.2. The van der Waals surface area contributed by atoms with Crippen LogP contribution in [0.2, 0.25) is 0 Å². The van der Waals surface area contributed by atoms with E-state index in [2.05, 4.69) is 38.1 Å². The average Bonchev–Trinajstić information content (AvgIpc) is 3.37. The molecule has 0 saturated heterocycles. The molecule has 0 atom stereocenters. The number of hydrogen-bond acceptors (Lipinski definition) is 7. The van der Waals surface area contributed by atoms with E-state index in [4.69, 9.17) is 9.47 Å². The second-order valence-corrected chi connectivity index (χ2v) is 10.2. The highest BCUT2D eigenvalue weighted by molar-refractivity contribution is 14.1. The van der Waals surface area contributed by atoms with E-state index in [1.54, 1.807) is 25.1 Å². The van der Waals surface area contributed by atoms with Crippen molar-refractivity contribution in [1.29, 1.82) is 0 Å². The van der Waals surface area contributed by atoms with Crippen LogP contribution in [0.3, 0.4) is 0 Å². The highest BCUT2D eigenvalue weighted by Crippen LogP contribution is 2.33. The summed E-state index contributed by atoms with van der Waals surface area (Å²) in [5.41, 5.74) is 6.11. The maximum Gasteiger partial charge on any atom is 0.343 e. The lowest BCUT2D eigenvalue weighted by molar-refractivity contribution is -0.384. The molecule has 0 aliphatic heterocycles. The van der Waals surface area contributed by atoms with Gasteiger partial charge in [-0.1, -0.05) is 30.3 Å². The van der Waals surface area contributed by atoms with Gasteiger partial charge in [0.15, 0.2) is 11.5 Å². The summed E-state index contributed by atoms with van der Waals surface area (Å²) in [5.74, 6) is -0.641. The van der Waals surface area contributed by atoms with Crippen molar-refractivity contribution in [2.24, 2.45) is 5.10 Å². The first kappa shape index (κ1) is 28.5. The lowest BCUT2D eigenvalue weighted by Gasteiger charge is -2.11. The van der Waals surface area contributed by atoms with Gasteiger partial charge in [-0.05, 0) is 89.2 Å². The van der Waals surface area contributed by atoms with Gasteiger partial charge in [-0.15, -0.1) is 0 Å². The second kappa shape index (κ2) is 12.6. The van der Waals surface area contributed by atoms with Gasteiger partial charge in [0.2, 0.25) is 0 Å². The molecule has 10 nitrogen and oxygen atoms in total. The van der Waals surface area contributed by atoms with Gasteiger partial charge in [0.1, 0.15) is 5.69 Å². The number of ether oxygens (including phenoxy) is 2. The monoisotopic (exact) mass is 674 g/mol. The molecule has 1 amide bonds. The standard InChI is InChI=1S/C31H23IN4O6/c1-2-41-27-16-19(8-15-26(27)42-31(38)21-9-12-23(13-10-21)36(39)40)18-33-35-30(37)29-28(20-6-4-3-5-7-20)24-17-22(32)11-14-25(24)34-29/h3-18,34H,2H2,1H3,(H,35,37). The quantitative estimate of drug-likeness (QED) is 0.0445. The zero-order valence-electron chi connectivity index (χ0n) is 22.2. The fraction of sp³-hybridized carbons (Fsp3) is 0.0645. The third-order valence-corrected chi connectivity index (χ3v) is 6.88. The third-order valence-electron chi connectivity index (χ3n) is 6.21. The first-order valence-electron chi connectivity index (χ1n) is 12.8. The van der Waals surface area contributed by atoms with E-state index in [1.807, 2.05) is 48.5 Å². The summed E-state index contributed by atoms with van der Waals surface area (Å²) in [6, 6.07) is 25.5. The van der Waals surface area contributed by atoms with Crippen LogP contribution in [0.4, 0.5) is 5.69 Å². The molecule has 2 N–H and O–H groups in total. The number of carbonyl (C=O) groups excluding carboxylic acids is 2. The molecule has 4 aromatic carbocycles. The van der Waals surface area contributed by atoms with Gasteiger partial charge in [0, 0.05) is 32.2 Å². The number of carbonyl (C=O) groups is 2. The molecule has 0 fully saturated rings. The van der Waals surface area contributed by atoms with Crippen LogP contribution in [0, 0.1) is 13.7 Å². The van der Waals surface area contributed by atoms with Crippen LogP contribution in [0.15, 0.2) is 96.1 Å². The number of nitro groups is 1. The summed E-state index contributed by atoms with van der Waals surface area (Å²) < 4.78 is 12.2. The molecule has 0 aliphatic rings. The van der Waals surface area contributed by atoms with E-state index in [-0.39, 0.29) is 17.0 Å². The van der Waals surface area contributed by atoms with Gasteiger partial charge in [-0.3, -0.25) is 14.9 Å². The Bertz CT molecular complexity index is 1820. The number of halogens is 1. The number of H-pyrrole nitrogens is 1. The minimum atomic E-state index is -0.693. The molecule has 210 valence electrons. The van der Waals surface area contributed by atoms with Crippen LogP contribution < -0.4 is 14.9 Å². The molecule has 0 spiro atoms. The molecule has 0 aliphatic carbocycles. The van der Waals surface area contributed by atoms with Crippen LogP contribution in [0.5, 0.6) is 11.5 Å². The number of nitro benzene ring substituents is 1. The number of esters is 1. The van der Waals surface area contributed by atoms with Crippen molar-refractivity contribution < 1.29 is 24.0 Å². The number of rotatable bonds is 9. The molecule has 42 heavy (non-hydrogen) atoms. The van der Waals surface area contributed by atoms with Crippen molar-refractivity contribution in [2.45, 2.75) is 6.92 Å². The Hall–Kier alpha value is -5.04. The minimum Gasteiger partial charge on any atom is -0.490 e. The van der Waals surface area contributed by atoms with E-state index in [1.165, 1.54) is 30.5 Å². The normalized spacial score (nSPS) is 11.0. The lowest BCUT2D eigenvalue weighted by atomic mass is 10.0. The van der Waals surface area contributed by atoms with Gasteiger partial charge in [-0.25, -0.2) is 10.2 Å².